The van der Waals surface area contributed by atoms with Gasteiger partial charge in [0.05, 0.1) is 18.5 Å². The molecule has 0 aromatic carbocycles. The molecule has 70 valence electrons. The minimum absolute atomic E-state index is 0.0793. The van der Waals surface area contributed by atoms with Crippen LogP contribution in [0.3, 0.4) is 0 Å². The van der Waals surface area contributed by atoms with E-state index in [1.54, 1.807) is 6.92 Å². The second-order valence-corrected chi connectivity index (χ2v) is 2.53. The van der Waals surface area contributed by atoms with E-state index in [0.29, 0.717) is 11.3 Å². The lowest BCUT2D eigenvalue weighted by Gasteiger charge is -2.05. The lowest BCUT2D eigenvalue weighted by atomic mass is 10.1. The van der Waals surface area contributed by atoms with Crippen LogP contribution in [0, 0.1) is 6.92 Å². The van der Waals surface area contributed by atoms with E-state index < -0.39 is 0 Å². The summed E-state index contributed by atoms with van der Waals surface area (Å²) in [6.45, 7) is 1.35. The zero-order valence-electron chi connectivity index (χ0n) is 7.10. The molecule has 0 fully saturated rings. The van der Waals surface area contributed by atoms with Crippen LogP contribution in [0.25, 0.3) is 0 Å². The number of oxime groups is 1. The zero-order chi connectivity index (χ0) is 9.84. The first-order chi connectivity index (χ1) is 6.20. The van der Waals surface area contributed by atoms with Crippen LogP contribution in [0.2, 0.25) is 0 Å². The van der Waals surface area contributed by atoms with Gasteiger partial charge in [-0.25, -0.2) is 0 Å². The van der Waals surface area contributed by atoms with Gasteiger partial charge in [0.25, 0.3) is 0 Å². The molecule has 1 heterocycles. The molecule has 1 rings (SSSR count). The lowest BCUT2D eigenvalue weighted by molar-refractivity contribution is 0.280. The Morgan fingerprint density at radius 1 is 1.62 bits per heavy atom. The second-order valence-electron chi connectivity index (χ2n) is 2.53. The molecule has 0 aliphatic rings. The first-order valence-corrected chi connectivity index (χ1v) is 3.66. The molecule has 0 unspecified atom stereocenters. The number of pyridine rings is 1. The Kier molecular flexibility index (Phi) is 2.81. The number of hydrogen-bond acceptors (Lipinski definition) is 5. The molecular formula is C8H10N2O3. The Morgan fingerprint density at radius 3 is 2.85 bits per heavy atom. The van der Waals surface area contributed by atoms with Gasteiger partial charge in [0, 0.05) is 17.3 Å². The van der Waals surface area contributed by atoms with E-state index in [2.05, 4.69) is 10.1 Å². The second kappa shape index (κ2) is 3.86. The van der Waals surface area contributed by atoms with Crippen LogP contribution in [-0.2, 0) is 6.61 Å². The predicted molar refractivity (Wildman–Crippen MR) is 45.9 cm³/mol. The number of aromatic hydroxyl groups is 1. The topological polar surface area (TPSA) is 85.9 Å². The highest BCUT2D eigenvalue weighted by molar-refractivity contribution is 5.85. The standard InChI is InChI=1S/C8H10N2O3/c1-5-8(12)7(3-10-13)6(4-11)2-9-5/h2-3,11-13H,4H2,1H3/b10-3-. The van der Waals surface area contributed by atoms with Crippen LogP contribution < -0.4 is 0 Å². The van der Waals surface area contributed by atoms with Crippen molar-refractivity contribution in [3.63, 3.8) is 0 Å². The van der Waals surface area contributed by atoms with Crippen LogP contribution in [0.4, 0.5) is 0 Å². The van der Waals surface area contributed by atoms with Crippen molar-refractivity contribution in [3.8, 4) is 5.75 Å². The minimum Gasteiger partial charge on any atom is -0.505 e. The summed E-state index contributed by atoms with van der Waals surface area (Å²) >= 11 is 0. The van der Waals surface area contributed by atoms with Crippen molar-refractivity contribution in [3.05, 3.63) is 23.0 Å². The Hall–Kier alpha value is -1.62. The van der Waals surface area contributed by atoms with Gasteiger partial charge in [-0.05, 0) is 6.92 Å². The summed E-state index contributed by atoms with van der Waals surface area (Å²) in [4.78, 5) is 3.84. The molecular weight excluding hydrogens is 172 g/mol. The van der Waals surface area contributed by atoms with Crippen LogP contribution >= 0.6 is 0 Å². The highest BCUT2D eigenvalue weighted by Crippen LogP contribution is 2.21. The van der Waals surface area contributed by atoms with Gasteiger partial charge in [-0.2, -0.15) is 0 Å². The predicted octanol–water partition coefficient (Wildman–Crippen LogP) is 0.396. The van der Waals surface area contributed by atoms with Crippen LogP contribution in [0.15, 0.2) is 11.4 Å². The van der Waals surface area contributed by atoms with Crippen molar-refractivity contribution in [1.82, 2.24) is 4.98 Å². The Balaban J connectivity index is 3.32. The molecule has 0 aliphatic carbocycles. The van der Waals surface area contributed by atoms with Crippen LogP contribution in [0.5, 0.6) is 5.75 Å². The largest absolute Gasteiger partial charge is 0.505 e. The Labute approximate surface area is 75.0 Å². The molecule has 0 saturated carbocycles. The van der Waals surface area contributed by atoms with E-state index in [0.717, 1.165) is 6.21 Å². The Morgan fingerprint density at radius 2 is 2.31 bits per heavy atom. The van der Waals surface area contributed by atoms with Crippen molar-refractivity contribution in [2.45, 2.75) is 13.5 Å². The van der Waals surface area contributed by atoms with Gasteiger partial charge in [-0.3, -0.25) is 4.98 Å². The van der Waals surface area contributed by atoms with Crippen molar-refractivity contribution >= 4 is 6.21 Å². The molecule has 13 heavy (non-hydrogen) atoms. The average Bonchev–Trinajstić information content (AvgIpc) is 2.14. The third-order valence-corrected chi connectivity index (χ3v) is 1.71. The molecule has 0 saturated heterocycles. The first kappa shape index (κ1) is 9.47. The van der Waals surface area contributed by atoms with Gasteiger partial charge in [0.15, 0.2) is 0 Å². The van der Waals surface area contributed by atoms with Gasteiger partial charge in [0.2, 0.25) is 0 Å². The van der Waals surface area contributed by atoms with Crippen molar-refractivity contribution in [2.75, 3.05) is 0 Å². The molecule has 0 aliphatic heterocycles. The fourth-order valence-corrected chi connectivity index (χ4v) is 0.980. The zero-order valence-corrected chi connectivity index (χ0v) is 7.10. The van der Waals surface area contributed by atoms with Gasteiger partial charge < -0.3 is 15.4 Å². The number of nitrogens with zero attached hydrogens (tertiary/aromatic N) is 2. The molecule has 5 nitrogen and oxygen atoms in total. The monoisotopic (exact) mass is 182 g/mol. The third kappa shape index (κ3) is 1.75. The quantitative estimate of drug-likeness (QED) is 0.351. The number of aliphatic hydroxyl groups excluding tert-OH is 1. The maximum Gasteiger partial charge on any atom is 0.146 e. The molecule has 0 bridgehead atoms. The highest BCUT2D eigenvalue weighted by atomic mass is 16.4. The van der Waals surface area contributed by atoms with Crippen LogP contribution in [-0.4, -0.2) is 26.6 Å². The van der Waals surface area contributed by atoms with E-state index in [1.165, 1.54) is 6.20 Å². The van der Waals surface area contributed by atoms with E-state index in [-0.39, 0.29) is 17.9 Å². The summed E-state index contributed by atoms with van der Waals surface area (Å²) in [7, 11) is 0. The molecule has 0 spiro atoms. The highest BCUT2D eigenvalue weighted by Gasteiger charge is 2.08. The molecule has 0 atom stereocenters. The maximum absolute atomic E-state index is 9.46. The van der Waals surface area contributed by atoms with Crippen molar-refractivity contribution < 1.29 is 15.4 Å². The van der Waals surface area contributed by atoms with Gasteiger partial charge in [-0.1, -0.05) is 5.16 Å². The smallest absolute Gasteiger partial charge is 0.146 e. The lowest BCUT2D eigenvalue weighted by Crippen LogP contribution is -1.97. The first-order valence-electron chi connectivity index (χ1n) is 3.66. The van der Waals surface area contributed by atoms with Gasteiger partial charge in [-0.15, -0.1) is 0 Å². The summed E-state index contributed by atoms with van der Waals surface area (Å²) in [6.07, 6.45) is 2.49. The molecule has 0 amide bonds. The van der Waals surface area contributed by atoms with Crippen LogP contribution in [0.1, 0.15) is 16.8 Å². The minimum atomic E-state index is -0.262. The number of aryl methyl sites for hydroxylation is 1. The number of rotatable bonds is 2. The summed E-state index contributed by atoms with van der Waals surface area (Å²) in [5.41, 5.74) is 1.13. The number of aromatic nitrogens is 1. The summed E-state index contributed by atoms with van der Waals surface area (Å²) in [5, 5.41) is 29.4. The summed E-state index contributed by atoms with van der Waals surface area (Å²) in [5.74, 6) is -0.0793. The maximum atomic E-state index is 9.46. The molecule has 3 N–H and O–H groups in total. The van der Waals surface area contributed by atoms with E-state index in [9.17, 15) is 5.11 Å². The molecule has 5 heteroatoms. The normalized spacial score (nSPS) is 10.9. The fraction of sp³-hybridized carbons (Fsp3) is 0.250. The average molecular weight is 182 g/mol. The van der Waals surface area contributed by atoms with E-state index in [1.807, 2.05) is 0 Å². The molecule has 1 aromatic rings. The van der Waals surface area contributed by atoms with E-state index >= 15 is 0 Å². The summed E-state index contributed by atoms with van der Waals surface area (Å²) < 4.78 is 0. The molecule has 1 aromatic heterocycles. The molecule has 0 radical (unpaired) electrons. The summed E-state index contributed by atoms with van der Waals surface area (Å²) in [6, 6.07) is 0. The third-order valence-electron chi connectivity index (χ3n) is 1.71. The van der Waals surface area contributed by atoms with Gasteiger partial charge in [0.1, 0.15) is 5.75 Å². The van der Waals surface area contributed by atoms with E-state index in [4.69, 9.17) is 10.3 Å². The fourth-order valence-electron chi connectivity index (χ4n) is 0.980. The SMILES string of the molecule is Cc1ncc(CO)c(/C=N\O)c1O. The van der Waals surface area contributed by atoms with Crippen molar-refractivity contribution in [2.24, 2.45) is 5.16 Å². The van der Waals surface area contributed by atoms with Gasteiger partial charge >= 0.3 is 0 Å². The Bertz CT molecular complexity index is 336. The number of hydrogen-bond donors (Lipinski definition) is 3. The van der Waals surface area contributed by atoms with Crippen molar-refractivity contribution in [1.29, 1.82) is 0 Å². The number of aliphatic hydroxyl groups is 1.